The number of rotatable bonds is 5. The van der Waals surface area contributed by atoms with E-state index in [2.05, 4.69) is 20.9 Å². The Hall–Kier alpha value is -2.53. The number of aliphatic imine (C=N–C) groups is 1. The summed E-state index contributed by atoms with van der Waals surface area (Å²) in [6, 6.07) is 15.1. The van der Waals surface area contributed by atoms with E-state index in [0.717, 1.165) is 16.1 Å². The van der Waals surface area contributed by atoms with Crippen molar-refractivity contribution >= 4 is 23.5 Å². The first-order chi connectivity index (χ1) is 11.6. The van der Waals surface area contributed by atoms with E-state index in [1.54, 1.807) is 20.2 Å². The van der Waals surface area contributed by atoms with E-state index < -0.39 is 0 Å². The molecule has 1 amide bonds. The summed E-state index contributed by atoms with van der Waals surface area (Å²) in [5.74, 6) is 0.595. The summed E-state index contributed by atoms with van der Waals surface area (Å²) in [7, 11) is 3.34. The number of carbonyl (C=O) groups is 1. The Balaban J connectivity index is 1.89. The van der Waals surface area contributed by atoms with Gasteiger partial charge in [-0.05, 0) is 35.4 Å². The molecule has 0 aromatic heterocycles. The molecule has 6 heteroatoms. The highest BCUT2D eigenvalue weighted by atomic mass is 35.5. The molecule has 0 saturated heterocycles. The quantitative estimate of drug-likeness (QED) is 0.577. The lowest BCUT2D eigenvalue weighted by atomic mass is 10.1. The first kappa shape index (κ1) is 17.8. The van der Waals surface area contributed by atoms with Gasteiger partial charge in [-0.1, -0.05) is 35.9 Å². The summed E-state index contributed by atoms with van der Waals surface area (Å²) in [4.78, 5) is 15.9. The van der Waals surface area contributed by atoms with Gasteiger partial charge in [0, 0.05) is 37.8 Å². The Morgan fingerprint density at radius 3 is 2.33 bits per heavy atom. The molecule has 3 N–H and O–H groups in total. The van der Waals surface area contributed by atoms with Crippen LogP contribution in [0.2, 0.25) is 5.02 Å². The summed E-state index contributed by atoms with van der Waals surface area (Å²) < 4.78 is 0. The SMILES string of the molecule is CN=C(NCc1ccc(Cl)cc1)NCc1cccc(C(=O)NC)c1. The lowest BCUT2D eigenvalue weighted by Crippen LogP contribution is -2.36. The van der Waals surface area contributed by atoms with Crippen molar-refractivity contribution < 1.29 is 4.79 Å². The van der Waals surface area contributed by atoms with E-state index >= 15 is 0 Å². The summed E-state index contributed by atoms with van der Waals surface area (Å²) in [6.07, 6.45) is 0. The second-order valence-electron chi connectivity index (χ2n) is 5.19. The summed E-state index contributed by atoms with van der Waals surface area (Å²) in [5.41, 5.74) is 2.76. The molecule has 0 radical (unpaired) electrons. The van der Waals surface area contributed by atoms with Gasteiger partial charge in [-0.3, -0.25) is 9.79 Å². The maximum atomic E-state index is 11.7. The molecular weight excluding hydrogens is 324 g/mol. The van der Waals surface area contributed by atoms with Gasteiger partial charge in [-0.15, -0.1) is 0 Å². The molecule has 126 valence electrons. The van der Waals surface area contributed by atoms with Gasteiger partial charge in [0.15, 0.2) is 5.96 Å². The van der Waals surface area contributed by atoms with E-state index in [1.165, 1.54) is 0 Å². The molecule has 0 saturated carbocycles. The minimum atomic E-state index is -0.0953. The van der Waals surface area contributed by atoms with Gasteiger partial charge in [-0.25, -0.2) is 0 Å². The highest BCUT2D eigenvalue weighted by Crippen LogP contribution is 2.09. The third-order valence-corrected chi connectivity index (χ3v) is 3.72. The van der Waals surface area contributed by atoms with Crippen molar-refractivity contribution in [2.24, 2.45) is 4.99 Å². The Morgan fingerprint density at radius 2 is 1.71 bits per heavy atom. The average molecular weight is 345 g/mol. The molecule has 0 unspecified atom stereocenters. The molecule has 24 heavy (non-hydrogen) atoms. The molecule has 0 fully saturated rings. The number of nitrogens with one attached hydrogen (secondary N) is 3. The van der Waals surface area contributed by atoms with Gasteiger partial charge in [0.2, 0.25) is 0 Å². The first-order valence-electron chi connectivity index (χ1n) is 7.62. The molecular formula is C18H21ClN4O. The van der Waals surface area contributed by atoms with Crippen molar-refractivity contribution in [1.29, 1.82) is 0 Å². The van der Waals surface area contributed by atoms with Gasteiger partial charge in [0.25, 0.3) is 5.91 Å². The Kier molecular flexibility index (Phi) is 6.63. The predicted molar refractivity (Wildman–Crippen MR) is 98.3 cm³/mol. The number of nitrogens with zero attached hydrogens (tertiary/aromatic N) is 1. The molecule has 2 aromatic carbocycles. The number of hydrogen-bond donors (Lipinski definition) is 3. The Morgan fingerprint density at radius 1 is 1.04 bits per heavy atom. The fourth-order valence-electron chi connectivity index (χ4n) is 2.16. The summed E-state index contributed by atoms with van der Waals surface area (Å²) in [6.45, 7) is 1.22. The van der Waals surface area contributed by atoms with Crippen LogP contribution in [0, 0.1) is 0 Å². The fraction of sp³-hybridized carbons (Fsp3) is 0.222. The number of carbonyl (C=O) groups excluding carboxylic acids is 1. The third kappa shape index (κ3) is 5.28. The van der Waals surface area contributed by atoms with Gasteiger partial charge < -0.3 is 16.0 Å². The van der Waals surface area contributed by atoms with Crippen LogP contribution in [0.15, 0.2) is 53.5 Å². The predicted octanol–water partition coefficient (Wildman–Crippen LogP) is 2.56. The molecule has 0 aliphatic rings. The zero-order valence-corrected chi connectivity index (χ0v) is 14.5. The van der Waals surface area contributed by atoms with Crippen LogP contribution in [0.5, 0.6) is 0 Å². The molecule has 0 aliphatic carbocycles. The largest absolute Gasteiger partial charge is 0.355 e. The smallest absolute Gasteiger partial charge is 0.251 e. The normalized spacial score (nSPS) is 11.0. The summed E-state index contributed by atoms with van der Waals surface area (Å²) in [5, 5.41) is 9.81. The van der Waals surface area contributed by atoms with Gasteiger partial charge >= 0.3 is 0 Å². The maximum absolute atomic E-state index is 11.7. The first-order valence-corrected chi connectivity index (χ1v) is 8.00. The van der Waals surface area contributed by atoms with Crippen LogP contribution in [0.4, 0.5) is 0 Å². The zero-order chi connectivity index (χ0) is 17.4. The summed E-state index contributed by atoms with van der Waals surface area (Å²) >= 11 is 5.88. The van der Waals surface area contributed by atoms with Crippen LogP contribution in [-0.4, -0.2) is 26.0 Å². The van der Waals surface area contributed by atoms with Crippen molar-refractivity contribution in [3.63, 3.8) is 0 Å². The third-order valence-electron chi connectivity index (χ3n) is 3.47. The zero-order valence-electron chi connectivity index (χ0n) is 13.8. The number of amides is 1. The van der Waals surface area contributed by atoms with Crippen molar-refractivity contribution in [1.82, 2.24) is 16.0 Å². The molecule has 0 atom stereocenters. The van der Waals surface area contributed by atoms with Crippen LogP contribution in [0.1, 0.15) is 21.5 Å². The van der Waals surface area contributed by atoms with E-state index in [0.29, 0.717) is 24.6 Å². The lowest BCUT2D eigenvalue weighted by molar-refractivity contribution is 0.0963. The molecule has 0 spiro atoms. The van der Waals surface area contributed by atoms with Crippen LogP contribution >= 0.6 is 11.6 Å². The number of hydrogen-bond acceptors (Lipinski definition) is 2. The topological polar surface area (TPSA) is 65.5 Å². The van der Waals surface area contributed by atoms with Gasteiger partial charge in [-0.2, -0.15) is 0 Å². The van der Waals surface area contributed by atoms with Gasteiger partial charge in [0.05, 0.1) is 0 Å². The van der Waals surface area contributed by atoms with Crippen molar-refractivity contribution in [3.05, 3.63) is 70.2 Å². The lowest BCUT2D eigenvalue weighted by Gasteiger charge is -2.12. The van der Waals surface area contributed by atoms with E-state index in [-0.39, 0.29) is 5.91 Å². The molecule has 2 aromatic rings. The second kappa shape index (κ2) is 8.93. The van der Waals surface area contributed by atoms with E-state index in [1.807, 2.05) is 42.5 Å². The van der Waals surface area contributed by atoms with E-state index in [4.69, 9.17) is 11.6 Å². The minimum Gasteiger partial charge on any atom is -0.355 e. The highest BCUT2D eigenvalue weighted by Gasteiger charge is 2.04. The number of benzene rings is 2. The Labute approximate surface area is 147 Å². The van der Waals surface area contributed by atoms with Crippen LogP contribution < -0.4 is 16.0 Å². The van der Waals surface area contributed by atoms with E-state index in [9.17, 15) is 4.79 Å². The van der Waals surface area contributed by atoms with Crippen molar-refractivity contribution in [2.45, 2.75) is 13.1 Å². The van der Waals surface area contributed by atoms with Crippen molar-refractivity contribution in [3.8, 4) is 0 Å². The second-order valence-corrected chi connectivity index (χ2v) is 5.62. The molecule has 5 nitrogen and oxygen atoms in total. The molecule has 2 rings (SSSR count). The highest BCUT2D eigenvalue weighted by molar-refractivity contribution is 6.30. The van der Waals surface area contributed by atoms with Crippen LogP contribution in [0.25, 0.3) is 0 Å². The maximum Gasteiger partial charge on any atom is 0.251 e. The molecule has 0 aliphatic heterocycles. The minimum absolute atomic E-state index is 0.0953. The standard InChI is InChI=1S/C18H21ClN4O/c1-20-17(24)15-5-3-4-14(10-15)12-23-18(21-2)22-11-13-6-8-16(19)9-7-13/h3-10H,11-12H2,1-2H3,(H,20,24)(H2,21,22,23). The van der Waals surface area contributed by atoms with Crippen LogP contribution in [-0.2, 0) is 13.1 Å². The fourth-order valence-corrected chi connectivity index (χ4v) is 2.29. The average Bonchev–Trinajstić information content (AvgIpc) is 2.63. The van der Waals surface area contributed by atoms with Crippen molar-refractivity contribution in [2.75, 3.05) is 14.1 Å². The number of halogens is 1. The van der Waals surface area contributed by atoms with Crippen LogP contribution in [0.3, 0.4) is 0 Å². The molecule has 0 heterocycles. The molecule has 0 bridgehead atoms. The Bertz CT molecular complexity index is 713. The van der Waals surface area contributed by atoms with Gasteiger partial charge in [0.1, 0.15) is 0 Å². The number of guanidine groups is 1. The monoisotopic (exact) mass is 344 g/mol.